The fraction of sp³-hybridized carbons (Fsp3) is 1.00. The minimum absolute atomic E-state index is 1.10. The van der Waals surface area contributed by atoms with E-state index >= 15 is 0 Å². The van der Waals surface area contributed by atoms with Gasteiger partial charge in [-0.3, -0.25) is 9.13 Å². The average molecular weight is 204 g/mol. The van der Waals surface area contributed by atoms with Crippen LogP contribution in [0.1, 0.15) is 12.8 Å². The molecule has 5 heteroatoms. The molecule has 1 fully saturated rings. The Labute approximate surface area is 81.8 Å². The van der Waals surface area contributed by atoms with Crippen molar-refractivity contribution >= 4 is 8.88 Å². The van der Waals surface area contributed by atoms with Crippen molar-refractivity contribution in [3.63, 3.8) is 0 Å². The topological polar surface area (TPSA) is 24.9 Å². The highest BCUT2D eigenvalue weighted by Gasteiger charge is 2.48. The minimum Gasteiger partial charge on any atom is -0.374 e. The van der Waals surface area contributed by atoms with Gasteiger partial charge in [-0.25, -0.2) is 0 Å². The number of nitrogens with zero attached hydrogens (tertiary/aromatic N) is 2. The van der Waals surface area contributed by atoms with Gasteiger partial charge in [-0.15, -0.1) is 0 Å². The van der Waals surface area contributed by atoms with Crippen LogP contribution >= 0.6 is 0 Å². The maximum absolute atomic E-state index is 5.60. The second-order valence-corrected chi connectivity index (χ2v) is 6.99. The molecule has 0 atom stereocenters. The van der Waals surface area contributed by atoms with Crippen LogP contribution in [0.2, 0.25) is 0 Å². The van der Waals surface area contributed by atoms with Crippen molar-refractivity contribution in [2.75, 3.05) is 41.4 Å². The summed E-state index contributed by atoms with van der Waals surface area (Å²) in [7, 11) is 5.32. The van der Waals surface area contributed by atoms with Gasteiger partial charge < -0.3 is 8.85 Å². The van der Waals surface area contributed by atoms with Gasteiger partial charge in [-0.2, -0.15) is 0 Å². The molecule has 0 amide bonds. The number of hydrogen-bond donors (Lipinski definition) is 0. The first-order valence-electron chi connectivity index (χ1n) is 4.70. The molecule has 0 saturated carbocycles. The monoisotopic (exact) mass is 204 g/mol. The lowest BCUT2D eigenvalue weighted by atomic mass is 10.4. The second kappa shape index (κ2) is 4.52. The molecule has 13 heavy (non-hydrogen) atoms. The van der Waals surface area contributed by atoms with Gasteiger partial charge in [0.05, 0.1) is 0 Å². The van der Waals surface area contributed by atoms with E-state index < -0.39 is 8.88 Å². The molecule has 0 aromatic carbocycles. The van der Waals surface area contributed by atoms with Crippen molar-refractivity contribution in [3.8, 4) is 0 Å². The van der Waals surface area contributed by atoms with Crippen molar-refractivity contribution in [2.45, 2.75) is 12.8 Å². The third kappa shape index (κ3) is 1.94. The summed E-state index contributed by atoms with van der Waals surface area (Å²) in [5.41, 5.74) is 0. The third-order valence-corrected chi connectivity index (χ3v) is 6.04. The summed E-state index contributed by atoms with van der Waals surface area (Å²) in [5, 5.41) is 0. The molecule has 1 aliphatic heterocycles. The molecule has 1 heterocycles. The molecular formula is C8H20N2O2Si. The van der Waals surface area contributed by atoms with Crippen LogP contribution in [0.25, 0.3) is 0 Å². The summed E-state index contributed by atoms with van der Waals surface area (Å²) < 4.78 is 15.7. The summed E-state index contributed by atoms with van der Waals surface area (Å²) >= 11 is 0. The summed E-state index contributed by atoms with van der Waals surface area (Å²) in [6.07, 6.45) is 2.52. The van der Waals surface area contributed by atoms with Crippen LogP contribution < -0.4 is 0 Å². The molecule has 0 aromatic rings. The molecule has 0 N–H and O–H groups in total. The van der Waals surface area contributed by atoms with E-state index in [2.05, 4.69) is 9.13 Å². The van der Waals surface area contributed by atoms with Crippen LogP contribution in [-0.4, -0.2) is 59.4 Å². The molecule has 1 rings (SSSR count). The van der Waals surface area contributed by atoms with Gasteiger partial charge in [0.15, 0.2) is 0 Å². The quantitative estimate of drug-likeness (QED) is 0.618. The normalized spacial score (nSPS) is 20.1. The highest BCUT2D eigenvalue weighted by atomic mass is 28.4. The molecule has 78 valence electrons. The van der Waals surface area contributed by atoms with Crippen LogP contribution in [0.5, 0.6) is 0 Å². The predicted octanol–water partition coefficient (Wildman–Crippen LogP) is 0.372. The lowest BCUT2D eigenvalue weighted by Gasteiger charge is -2.38. The van der Waals surface area contributed by atoms with Gasteiger partial charge in [-0.05, 0) is 40.0 Å². The van der Waals surface area contributed by atoms with E-state index in [4.69, 9.17) is 8.85 Å². The largest absolute Gasteiger partial charge is 0.521 e. The van der Waals surface area contributed by atoms with E-state index in [1.165, 1.54) is 12.8 Å². The van der Waals surface area contributed by atoms with Gasteiger partial charge in [-0.1, -0.05) is 0 Å². The molecule has 0 bridgehead atoms. The maximum atomic E-state index is 5.60. The fourth-order valence-electron chi connectivity index (χ4n) is 1.99. The van der Waals surface area contributed by atoms with E-state index in [1.807, 2.05) is 14.1 Å². The Kier molecular flexibility index (Phi) is 3.87. The summed E-state index contributed by atoms with van der Waals surface area (Å²) in [4.78, 5) is 0. The van der Waals surface area contributed by atoms with Crippen LogP contribution in [0.15, 0.2) is 0 Å². The van der Waals surface area contributed by atoms with E-state index in [-0.39, 0.29) is 0 Å². The molecule has 0 spiro atoms. The van der Waals surface area contributed by atoms with E-state index in [0.29, 0.717) is 0 Å². The van der Waals surface area contributed by atoms with Crippen molar-refractivity contribution in [1.82, 2.24) is 9.13 Å². The zero-order valence-electron chi connectivity index (χ0n) is 9.04. The summed E-state index contributed by atoms with van der Waals surface area (Å²) in [6, 6.07) is 0. The molecule has 0 aromatic heterocycles. The Balaban J connectivity index is 2.74. The summed E-state index contributed by atoms with van der Waals surface area (Å²) in [6.45, 7) is 2.21. The Hall–Kier alpha value is 0.0569. The van der Waals surface area contributed by atoms with Crippen LogP contribution in [0, 0.1) is 0 Å². The molecule has 1 aliphatic rings. The Morgan fingerprint density at radius 1 is 1.08 bits per heavy atom. The van der Waals surface area contributed by atoms with Gasteiger partial charge in [0.25, 0.3) is 0 Å². The van der Waals surface area contributed by atoms with Crippen molar-refractivity contribution in [2.24, 2.45) is 0 Å². The Morgan fingerprint density at radius 2 is 1.54 bits per heavy atom. The summed E-state index contributed by atoms with van der Waals surface area (Å²) in [5.74, 6) is 0. The Bertz CT molecular complexity index is 156. The standard InChI is InChI=1S/C8H20N2O2Si/c1-9(2)13(11-3,12-4)10-7-5-6-8-10/h5-8H2,1-4H3. The molecule has 0 unspecified atom stereocenters. The van der Waals surface area contributed by atoms with Crippen molar-refractivity contribution in [3.05, 3.63) is 0 Å². The van der Waals surface area contributed by atoms with Gasteiger partial charge in [0.1, 0.15) is 0 Å². The van der Waals surface area contributed by atoms with Crippen LogP contribution in [0.3, 0.4) is 0 Å². The first-order chi connectivity index (χ1) is 6.17. The van der Waals surface area contributed by atoms with Gasteiger partial charge >= 0.3 is 8.88 Å². The third-order valence-electron chi connectivity index (χ3n) is 2.60. The fourth-order valence-corrected chi connectivity index (χ4v) is 4.85. The first-order valence-corrected chi connectivity index (χ1v) is 6.41. The smallest absolute Gasteiger partial charge is 0.374 e. The maximum Gasteiger partial charge on any atom is 0.521 e. The molecule has 4 nitrogen and oxygen atoms in total. The van der Waals surface area contributed by atoms with Crippen molar-refractivity contribution in [1.29, 1.82) is 0 Å². The van der Waals surface area contributed by atoms with E-state index in [0.717, 1.165) is 13.1 Å². The number of rotatable bonds is 4. The predicted molar refractivity (Wildman–Crippen MR) is 54.3 cm³/mol. The first kappa shape index (κ1) is 11.1. The Morgan fingerprint density at radius 3 is 1.85 bits per heavy atom. The lowest BCUT2D eigenvalue weighted by molar-refractivity contribution is 0.123. The van der Waals surface area contributed by atoms with Gasteiger partial charge in [0, 0.05) is 14.2 Å². The van der Waals surface area contributed by atoms with E-state index in [9.17, 15) is 0 Å². The van der Waals surface area contributed by atoms with Crippen LogP contribution in [0.4, 0.5) is 0 Å². The SMILES string of the molecule is CO[Si](OC)(N(C)C)N1CCCC1. The van der Waals surface area contributed by atoms with Crippen LogP contribution in [-0.2, 0) is 8.85 Å². The molecule has 0 aliphatic carbocycles. The zero-order valence-corrected chi connectivity index (χ0v) is 10.0. The highest BCUT2D eigenvalue weighted by Crippen LogP contribution is 2.20. The highest BCUT2D eigenvalue weighted by molar-refractivity contribution is 6.61. The second-order valence-electron chi connectivity index (χ2n) is 3.55. The molecule has 0 radical (unpaired) electrons. The number of hydrogen-bond acceptors (Lipinski definition) is 4. The molecule has 1 saturated heterocycles. The van der Waals surface area contributed by atoms with Gasteiger partial charge in [0.2, 0.25) is 0 Å². The lowest BCUT2D eigenvalue weighted by Crippen LogP contribution is -2.66. The van der Waals surface area contributed by atoms with E-state index in [1.54, 1.807) is 14.2 Å². The minimum atomic E-state index is -2.22. The molecular weight excluding hydrogens is 184 g/mol. The average Bonchev–Trinajstić information content (AvgIpc) is 2.60. The van der Waals surface area contributed by atoms with Crippen molar-refractivity contribution < 1.29 is 8.85 Å². The zero-order chi connectivity index (χ0) is 9.90.